The number of hydrogen-bond donors (Lipinski definition) is 1. The molecule has 0 aliphatic carbocycles. The van der Waals surface area contributed by atoms with E-state index in [2.05, 4.69) is 21.8 Å². The Bertz CT molecular complexity index is 566. The Morgan fingerprint density at radius 3 is 2.80 bits per heavy atom. The number of hydrogen-bond acceptors (Lipinski definition) is 2. The van der Waals surface area contributed by atoms with Gasteiger partial charge in [0.05, 0.1) is 6.54 Å². The minimum atomic E-state index is -0.820. The summed E-state index contributed by atoms with van der Waals surface area (Å²) in [5, 5.41) is 3.27. The maximum atomic E-state index is 13.2. The van der Waals surface area contributed by atoms with Crippen molar-refractivity contribution >= 4 is 0 Å². The van der Waals surface area contributed by atoms with E-state index in [9.17, 15) is 8.78 Å². The molecule has 1 unspecified atom stereocenters. The standard InChI is InChI=1S/C15H19F2N3/c1-3-7-20-8-6-18-15(20)10-19-11(2)12-4-5-13(16)14(17)9-12/h4-6,8-9,11,19H,3,7,10H2,1-2H3. The number of imidazole rings is 1. The molecule has 5 heteroatoms. The fourth-order valence-electron chi connectivity index (χ4n) is 2.10. The highest BCUT2D eigenvalue weighted by Crippen LogP contribution is 2.16. The number of benzene rings is 1. The van der Waals surface area contributed by atoms with Gasteiger partial charge in [-0.05, 0) is 31.0 Å². The molecule has 0 saturated carbocycles. The van der Waals surface area contributed by atoms with Crippen LogP contribution in [0.1, 0.15) is 37.7 Å². The van der Waals surface area contributed by atoms with Crippen LogP contribution in [0.2, 0.25) is 0 Å². The van der Waals surface area contributed by atoms with E-state index in [0.29, 0.717) is 6.54 Å². The smallest absolute Gasteiger partial charge is 0.159 e. The minimum Gasteiger partial charge on any atom is -0.334 e. The van der Waals surface area contributed by atoms with Gasteiger partial charge in [0.25, 0.3) is 0 Å². The van der Waals surface area contributed by atoms with Gasteiger partial charge in [0.2, 0.25) is 0 Å². The second kappa shape index (κ2) is 6.61. The summed E-state index contributed by atoms with van der Waals surface area (Å²) in [6.45, 7) is 5.55. The Morgan fingerprint density at radius 1 is 1.30 bits per heavy atom. The first kappa shape index (κ1) is 14.7. The van der Waals surface area contributed by atoms with Crippen molar-refractivity contribution in [3.8, 4) is 0 Å². The van der Waals surface area contributed by atoms with Crippen LogP contribution in [0.25, 0.3) is 0 Å². The molecule has 0 bridgehead atoms. The molecular formula is C15H19F2N3. The molecule has 3 nitrogen and oxygen atoms in total. The van der Waals surface area contributed by atoms with E-state index >= 15 is 0 Å². The fourth-order valence-corrected chi connectivity index (χ4v) is 2.10. The van der Waals surface area contributed by atoms with E-state index in [1.807, 2.05) is 13.1 Å². The van der Waals surface area contributed by atoms with Gasteiger partial charge in [0.1, 0.15) is 5.82 Å². The quantitative estimate of drug-likeness (QED) is 0.878. The highest BCUT2D eigenvalue weighted by molar-refractivity contribution is 5.20. The predicted octanol–water partition coefficient (Wildman–Crippen LogP) is 3.42. The van der Waals surface area contributed by atoms with Crippen molar-refractivity contribution in [2.45, 2.75) is 39.4 Å². The number of halogens is 2. The summed E-state index contributed by atoms with van der Waals surface area (Å²) < 4.78 is 28.2. The first-order valence-electron chi connectivity index (χ1n) is 6.80. The monoisotopic (exact) mass is 279 g/mol. The van der Waals surface area contributed by atoms with Gasteiger partial charge < -0.3 is 9.88 Å². The maximum absolute atomic E-state index is 13.2. The van der Waals surface area contributed by atoms with E-state index in [0.717, 1.165) is 30.4 Å². The van der Waals surface area contributed by atoms with Crippen LogP contribution >= 0.6 is 0 Å². The number of aromatic nitrogens is 2. The molecule has 0 saturated heterocycles. The van der Waals surface area contributed by atoms with E-state index in [1.165, 1.54) is 6.07 Å². The highest BCUT2D eigenvalue weighted by Gasteiger charge is 2.10. The van der Waals surface area contributed by atoms with Crippen LogP contribution in [0.5, 0.6) is 0 Å². The molecule has 1 aromatic carbocycles. The fraction of sp³-hybridized carbons (Fsp3) is 0.400. The third-order valence-corrected chi connectivity index (χ3v) is 3.28. The van der Waals surface area contributed by atoms with Crippen molar-refractivity contribution < 1.29 is 8.78 Å². The highest BCUT2D eigenvalue weighted by atomic mass is 19.2. The van der Waals surface area contributed by atoms with Crippen LogP contribution in [0.4, 0.5) is 8.78 Å². The van der Waals surface area contributed by atoms with Crippen LogP contribution in [-0.2, 0) is 13.1 Å². The summed E-state index contributed by atoms with van der Waals surface area (Å²) >= 11 is 0. The van der Waals surface area contributed by atoms with E-state index in [4.69, 9.17) is 0 Å². The van der Waals surface area contributed by atoms with Gasteiger partial charge in [-0.15, -0.1) is 0 Å². The van der Waals surface area contributed by atoms with Crippen LogP contribution in [-0.4, -0.2) is 9.55 Å². The van der Waals surface area contributed by atoms with Gasteiger partial charge in [-0.3, -0.25) is 0 Å². The molecule has 0 fully saturated rings. The Kier molecular flexibility index (Phi) is 4.84. The lowest BCUT2D eigenvalue weighted by Gasteiger charge is -2.15. The van der Waals surface area contributed by atoms with Crippen LogP contribution in [0.3, 0.4) is 0 Å². The lowest BCUT2D eigenvalue weighted by atomic mass is 10.1. The molecule has 0 radical (unpaired) electrons. The lowest BCUT2D eigenvalue weighted by molar-refractivity contribution is 0.496. The summed E-state index contributed by atoms with van der Waals surface area (Å²) in [6.07, 6.45) is 4.76. The molecule has 0 amide bonds. The van der Waals surface area contributed by atoms with Gasteiger partial charge in [0.15, 0.2) is 11.6 Å². The molecule has 2 aromatic rings. The van der Waals surface area contributed by atoms with Gasteiger partial charge >= 0.3 is 0 Å². The molecule has 108 valence electrons. The van der Waals surface area contributed by atoms with Crippen molar-refractivity contribution in [3.63, 3.8) is 0 Å². The molecular weight excluding hydrogens is 260 g/mol. The third kappa shape index (κ3) is 3.42. The molecule has 0 spiro atoms. The largest absolute Gasteiger partial charge is 0.334 e. The third-order valence-electron chi connectivity index (χ3n) is 3.28. The van der Waals surface area contributed by atoms with E-state index in [-0.39, 0.29) is 6.04 Å². The van der Waals surface area contributed by atoms with Crippen LogP contribution in [0, 0.1) is 11.6 Å². The average Bonchev–Trinajstić information content (AvgIpc) is 2.87. The minimum absolute atomic E-state index is 0.0723. The normalized spacial score (nSPS) is 12.6. The molecule has 0 aliphatic heterocycles. The SMILES string of the molecule is CCCn1ccnc1CNC(C)c1ccc(F)c(F)c1. The molecule has 1 atom stereocenters. The topological polar surface area (TPSA) is 29.9 Å². The Hall–Kier alpha value is -1.75. The van der Waals surface area contributed by atoms with Crippen molar-refractivity contribution in [3.05, 3.63) is 53.6 Å². The molecule has 1 heterocycles. The van der Waals surface area contributed by atoms with Gasteiger partial charge in [-0.25, -0.2) is 13.8 Å². The average molecular weight is 279 g/mol. The van der Waals surface area contributed by atoms with E-state index in [1.54, 1.807) is 12.3 Å². The van der Waals surface area contributed by atoms with Gasteiger partial charge in [-0.1, -0.05) is 13.0 Å². The second-order valence-electron chi connectivity index (χ2n) is 4.81. The Morgan fingerprint density at radius 2 is 2.10 bits per heavy atom. The van der Waals surface area contributed by atoms with Crippen molar-refractivity contribution in [2.24, 2.45) is 0 Å². The van der Waals surface area contributed by atoms with Gasteiger partial charge in [-0.2, -0.15) is 0 Å². The number of aryl methyl sites for hydroxylation is 1. The molecule has 1 N–H and O–H groups in total. The summed E-state index contributed by atoms with van der Waals surface area (Å²) in [5.74, 6) is -0.690. The maximum Gasteiger partial charge on any atom is 0.159 e. The summed E-state index contributed by atoms with van der Waals surface area (Å²) in [7, 11) is 0. The van der Waals surface area contributed by atoms with Gasteiger partial charge in [0, 0.05) is 25.0 Å². The number of nitrogens with one attached hydrogen (secondary N) is 1. The second-order valence-corrected chi connectivity index (χ2v) is 4.81. The molecule has 20 heavy (non-hydrogen) atoms. The first-order valence-corrected chi connectivity index (χ1v) is 6.80. The number of nitrogens with zero attached hydrogens (tertiary/aromatic N) is 2. The van der Waals surface area contributed by atoms with Crippen molar-refractivity contribution in [2.75, 3.05) is 0 Å². The predicted molar refractivity (Wildman–Crippen MR) is 74.1 cm³/mol. The Labute approximate surface area is 117 Å². The first-order chi connectivity index (χ1) is 9.61. The molecule has 0 aliphatic rings. The van der Waals surface area contributed by atoms with E-state index < -0.39 is 11.6 Å². The summed E-state index contributed by atoms with van der Waals surface area (Å²) in [4.78, 5) is 4.30. The zero-order valence-electron chi connectivity index (χ0n) is 11.7. The van der Waals surface area contributed by atoms with Crippen LogP contribution < -0.4 is 5.32 Å². The molecule has 1 aromatic heterocycles. The Balaban J connectivity index is 1.99. The summed E-state index contributed by atoms with van der Waals surface area (Å²) in [6, 6.07) is 3.90. The number of rotatable bonds is 6. The van der Waals surface area contributed by atoms with Crippen molar-refractivity contribution in [1.82, 2.24) is 14.9 Å². The lowest BCUT2D eigenvalue weighted by Crippen LogP contribution is -2.21. The zero-order chi connectivity index (χ0) is 14.5. The van der Waals surface area contributed by atoms with Crippen molar-refractivity contribution in [1.29, 1.82) is 0 Å². The molecule has 2 rings (SSSR count). The zero-order valence-corrected chi connectivity index (χ0v) is 11.7. The summed E-state index contributed by atoms with van der Waals surface area (Å²) in [5.41, 5.74) is 0.720. The van der Waals surface area contributed by atoms with Crippen LogP contribution in [0.15, 0.2) is 30.6 Å².